The summed E-state index contributed by atoms with van der Waals surface area (Å²) in [6.07, 6.45) is 4.38. The first-order valence-corrected chi connectivity index (χ1v) is 6.59. The van der Waals surface area contributed by atoms with Gasteiger partial charge in [-0.05, 0) is 37.8 Å². The van der Waals surface area contributed by atoms with Gasteiger partial charge in [-0.25, -0.2) is 9.97 Å². The molecule has 0 spiro atoms. The number of hydrogen-bond donors (Lipinski definition) is 1. The summed E-state index contributed by atoms with van der Waals surface area (Å²) in [7, 11) is 0. The molecular weight excluding hydrogens is 214 g/mol. The molecule has 0 saturated carbocycles. The van der Waals surface area contributed by atoms with E-state index in [1.165, 1.54) is 17.0 Å². The predicted octanol–water partition coefficient (Wildman–Crippen LogP) is 1.54. The Kier molecular flexibility index (Phi) is 3.07. The molecule has 2 aliphatic heterocycles. The quantitative estimate of drug-likeness (QED) is 0.841. The molecule has 3 heterocycles. The third-order valence-corrected chi connectivity index (χ3v) is 3.59. The van der Waals surface area contributed by atoms with Gasteiger partial charge in [0, 0.05) is 18.8 Å². The van der Waals surface area contributed by atoms with Crippen LogP contribution < -0.4 is 5.32 Å². The lowest BCUT2D eigenvalue weighted by molar-refractivity contribution is 0.104. The molecule has 1 fully saturated rings. The number of hydrogen-bond acceptors (Lipinski definition) is 4. The van der Waals surface area contributed by atoms with E-state index in [9.17, 15) is 0 Å². The maximum absolute atomic E-state index is 5.68. The van der Waals surface area contributed by atoms with E-state index < -0.39 is 0 Å². The number of aryl methyl sites for hydroxylation is 1. The highest BCUT2D eigenvalue weighted by atomic mass is 16.5. The molecule has 1 aromatic rings. The van der Waals surface area contributed by atoms with E-state index >= 15 is 0 Å². The highest BCUT2D eigenvalue weighted by Gasteiger charge is 2.24. The Morgan fingerprint density at radius 1 is 1.41 bits per heavy atom. The van der Waals surface area contributed by atoms with E-state index in [4.69, 9.17) is 14.7 Å². The minimum Gasteiger partial charge on any atom is -0.370 e. The van der Waals surface area contributed by atoms with Crippen LogP contribution >= 0.6 is 0 Å². The fourth-order valence-corrected chi connectivity index (χ4v) is 2.68. The van der Waals surface area contributed by atoms with Gasteiger partial charge < -0.3 is 10.1 Å². The van der Waals surface area contributed by atoms with Gasteiger partial charge in [0.1, 0.15) is 6.10 Å². The van der Waals surface area contributed by atoms with Gasteiger partial charge in [0.15, 0.2) is 5.82 Å². The Morgan fingerprint density at radius 3 is 3.12 bits per heavy atom. The monoisotopic (exact) mass is 233 g/mol. The molecule has 1 atom stereocenters. The Labute approximate surface area is 102 Å². The van der Waals surface area contributed by atoms with Crippen molar-refractivity contribution in [1.29, 1.82) is 0 Å². The summed E-state index contributed by atoms with van der Waals surface area (Å²) in [5, 5.41) is 3.38. The second kappa shape index (κ2) is 4.70. The van der Waals surface area contributed by atoms with Gasteiger partial charge in [-0.1, -0.05) is 6.92 Å². The zero-order valence-corrected chi connectivity index (χ0v) is 10.3. The summed E-state index contributed by atoms with van der Waals surface area (Å²) in [5.74, 6) is 0.904. The van der Waals surface area contributed by atoms with E-state index in [-0.39, 0.29) is 6.10 Å². The molecule has 1 N–H and O–H groups in total. The van der Waals surface area contributed by atoms with Crippen LogP contribution in [0.3, 0.4) is 0 Å². The number of rotatable bonds is 2. The molecule has 0 amide bonds. The highest BCUT2D eigenvalue weighted by Crippen LogP contribution is 2.28. The largest absolute Gasteiger partial charge is 0.370 e. The van der Waals surface area contributed by atoms with Crippen LogP contribution in [-0.2, 0) is 24.1 Å². The smallest absolute Gasteiger partial charge is 0.157 e. The highest BCUT2D eigenvalue weighted by molar-refractivity contribution is 5.29. The maximum Gasteiger partial charge on any atom is 0.157 e. The average Bonchev–Trinajstić information content (AvgIpc) is 2.91. The lowest BCUT2D eigenvalue weighted by Gasteiger charge is -2.20. The van der Waals surface area contributed by atoms with E-state index in [2.05, 4.69) is 12.2 Å². The first-order valence-electron chi connectivity index (χ1n) is 6.59. The summed E-state index contributed by atoms with van der Waals surface area (Å²) in [4.78, 5) is 9.43. The normalized spacial score (nSPS) is 23.7. The summed E-state index contributed by atoms with van der Waals surface area (Å²) in [6, 6.07) is 0. The van der Waals surface area contributed by atoms with Crippen molar-refractivity contribution in [2.75, 3.05) is 13.2 Å². The van der Waals surface area contributed by atoms with Crippen LogP contribution in [0.4, 0.5) is 0 Å². The molecule has 0 bridgehead atoms. The van der Waals surface area contributed by atoms with Crippen LogP contribution in [0, 0.1) is 0 Å². The average molecular weight is 233 g/mol. The van der Waals surface area contributed by atoms with Crippen molar-refractivity contribution in [2.45, 2.75) is 45.3 Å². The number of aromatic nitrogens is 2. The first kappa shape index (κ1) is 11.1. The van der Waals surface area contributed by atoms with Gasteiger partial charge >= 0.3 is 0 Å². The second-order valence-electron chi connectivity index (χ2n) is 4.74. The molecule has 0 aliphatic carbocycles. The van der Waals surface area contributed by atoms with Gasteiger partial charge in [0.2, 0.25) is 0 Å². The van der Waals surface area contributed by atoms with Crippen LogP contribution in [0.15, 0.2) is 0 Å². The molecule has 92 valence electrons. The fourth-order valence-electron chi connectivity index (χ4n) is 2.68. The van der Waals surface area contributed by atoms with Crippen LogP contribution in [0.5, 0.6) is 0 Å². The summed E-state index contributed by atoms with van der Waals surface area (Å²) in [6.45, 7) is 4.95. The van der Waals surface area contributed by atoms with Crippen LogP contribution in [-0.4, -0.2) is 23.1 Å². The molecule has 3 rings (SSSR count). The number of ether oxygens (including phenoxy) is 1. The topological polar surface area (TPSA) is 47.0 Å². The van der Waals surface area contributed by atoms with E-state index in [1.54, 1.807) is 0 Å². The van der Waals surface area contributed by atoms with Crippen molar-refractivity contribution in [3.8, 4) is 0 Å². The molecule has 1 aromatic heterocycles. The number of fused-ring (bicyclic) bond motifs is 1. The minimum atomic E-state index is 0.132. The van der Waals surface area contributed by atoms with Crippen molar-refractivity contribution in [2.24, 2.45) is 0 Å². The maximum atomic E-state index is 5.68. The molecule has 0 aromatic carbocycles. The molecule has 1 unspecified atom stereocenters. The lowest BCUT2D eigenvalue weighted by atomic mass is 10.0. The molecule has 4 nitrogen and oxygen atoms in total. The van der Waals surface area contributed by atoms with Crippen LogP contribution in [0.2, 0.25) is 0 Å². The van der Waals surface area contributed by atoms with Gasteiger partial charge in [-0.3, -0.25) is 0 Å². The zero-order valence-electron chi connectivity index (χ0n) is 10.3. The van der Waals surface area contributed by atoms with Gasteiger partial charge in [-0.15, -0.1) is 0 Å². The first-order chi connectivity index (χ1) is 8.38. The van der Waals surface area contributed by atoms with Gasteiger partial charge in [-0.2, -0.15) is 0 Å². The SMILES string of the molecule is CCc1nc(C2CCCO2)nc2c1CCNC2. The third-order valence-electron chi connectivity index (χ3n) is 3.59. The minimum absolute atomic E-state index is 0.132. The number of nitrogens with zero attached hydrogens (tertiary/aromatic N) is 2. The Hall–Kier alpha value is -1.00. The van der Waals surface area contributed by atoms with Crippen LogP contribution in [0.25, 0.3) is 0 Å². The zero-order chi connectivity index (χ0) is 11.7. The van der Waals surface area contributed by atoms with Crippen molar-refractivity contribution >= 4 is 0 Å². The second-order valence-corrected chi connectivity index (χ2v) is 4.74. The van der Waals surface area contributed by atoms with Crippen molar-refractivity contribution in [1.82, 2.24) is 15.3 Å². The third kappa shape index (κ3) is 2.07. The van der Waals surface area contributed by atoms with E-state index in [1.807, 2.05) is 0 Å². The van der Waals surface area contributed by atoms with Gasteiger partial charge in [0.25, 0.3) is 0 Å². The van der Waals surface area contributed by atoms with Crippen molar-refractivity contribution in [3.05, 3.63) is 22.8 Å². The fraction of sp³-hybridized carbons (Fsp3) is 0.692. The standard InChI is InChI=1S/C13H19N3O/c1-2-10-9-5-6-14-8-11(9)16-13(15-10)12-4-3-7-17-12/h12,14H,2-8H2,1H3. The van der Waals surface area contributed by atoms with Crippen molar-refractivity contribution < 1.29 is 4.74 Å². The summed E-state index contributed by atoms with van der Waals surface area (Å²) < 4.78 is 5.68. The van der Waals surface area contributed by atoms with E-state index in [0.717, 1.165) is 51.2 Å². The van der Waals surface area contributed by atoms with Crippen LogP contribution in [0.1, 0.15) is 48.6 Å². The molecule has 1 saturated heterocycles. The molecule has 0 radical (unpaired) electrons. The van der Waals surface area contributed by atoms with Gasteiger partial charge in [0.05, 0.1) is 5.69 Å². The molecule has 2 aliphatic rings. The predicted molar refractivity (Wildman–Crippen MR) is 64.7 cm³/mol. The van der Waals surface area contributed by atoms with E-state index in [0.29, 0.717) is 0 Å². The Bertz CT molecular complexity index is 396. The molecular formula is C13H19N3O. The lowest BCUT2D eigenvalue weighted by Crippen LogP contribution is -2.27. The summed E-state index contributed by atoms with van der Waals surface area (Å²) in [5.41, 5.74) is 3.78. The Balaban J connectivity index is 1.99. The Morgan fingerprint density at radius 2 is 2.35 bits per heavy atom. The molecule has 4 heteroatoms. The summed E-state index contributed by atoms with van der Waals surface area (Å²) >= 11 is 0. The molecule has 17 heavy (non-hydrogen) atoms. The van der Waals surface area contributed by atoms with Crippen molar-refractivity contribution in [3.63, 3.8) is 0 Å². The number of nitrogens with one attached hydrogen (secondary N) is 1.